The minimum atomic E-state index is -0.483. The second-order valence-electron chi connectivity index (χ2n) is 4.25. The topological polar surface area (TPSA) is 64.4 Å². The second kappa shape index (κ2) is 6.65. The van der Waals surface area contributed by atoms with Crippen LogP contribution in [0.4, 0.5) is 11.4 Å². The number of benzene rings is 2. The molecule has 2 aromatic carbocycles. The number of ether oxygens (including phenoxy) is 1. The molecule has 0 atom stereocenters. The van der Waals surface area contributed by atoms with Crippen molar-refractivity contribution in [3.05, 3.63) is 62.1 Å². The molecule has 5 nitrogen and oxygen atoms in total. The van der Waals surface area contributed by atoms with Gasteiger partial charge in [0, 0.05) is 18.3 Å². The first-order chi connectivity index (χ1) is 10.0. The van der Waals surface area contributed by atoms with Gasteiger partial charge in [-0.05, 0) is 29.8 Å². The Morgan fingerprint density at radius 1 is 1.19 bits per heavy atom. The van der Waals surface area contributed by atoms with Crippen molar-refractivity contribution in [1.29, 1.82) is 0 Å². The largest absolute Gasteiger partial charge is 0.490 e. The Labute approximate surface area is 131 Å². The first-order valence-corrected chi connectivity index (χ1v) is 6.77. The minimum absolute atomic E-state index is 0.0864. The number of nitrogens with zero attached hydrogens (tertiary/aromatic N) is 1. The summed E-state index contributed by atoms with van der Waals surface area (Å²) in [5.41, 5.74) is 1.45. The summed E-state index contributed by atoms with van der Waals surface area (Å²) in [4.78, 5) is 10.5. The highest BCUT2D eigenvalue weighted by atomic mass is 35.5. The first-order valence-electron chi connectivity index (χ1n) is 6.01. The lowest BCUT2D eigenvalue weighted by atomic mass is 10.2. The number of nitro groups is 1. The Hall–Kier alpha value is -1.98. The number of hydrogen-bond donors (Lipinski definition) is 1. The molecular formula is C14H12Cl2N2O3. The van der Waals surface area contributed by atoms with Crippen LogP contribution in [-0.2, 0) is 6.54 Å². The number of rotatable bonds is 5. The molecule has 0 saturated heterocycles. The van der Waals surface area contributed by atoms with E-state index in [2.05, 4.69) is 5.32 Å². The van der Waals surface area contributed by atoms with E-state index in [9.17, 15) is 10.1 Å². The van der Waals surface area contributed by atoms with E-state index in [0.29, 0.717) is 22.3 Å². The van der Waals surface area contributed by atoms with Crippen molar-refractivity contribution in [2.75, 3.05) is 12.4 Å². The summed E-state index contributed by atoms with van der Waals surface area (Å²) in [6, 6.07) is 9.97. The maximum Gasteiger partial charge on any atom is 0.312 e. The zero-order valence-electron chi connectivity index (χ0n) is 11.1. The standard InChI is InChI=1S/C14H12Cl2N2O3/c1-21-14-5-3-10(7-13(14)18(19)20)17-8-9-2-4-11(15)12(16)6-9/h2-7,17H,8H2,1H3. The number of nitrogens with one attached hydrogen (secondary N) is 1. The van der Waals surface area contributed by atoms with Crippen LogP contribution < -0.4 is 10.1 Å². The number of nitro benzene ring substituents is 1. The van der Waals surface area contributed by atoms with Gasteiger partial charge in [-0.2, -0.15) is 0 Å². The maximum absolute atomic E-state index is 11.0. The van der Waals surface area contributed by atoms with E-state index in [0.717, 1.165) is 5.56 Å². The van der Waals surface area contributed by atoms with Gasteiger partial charge in [0.05, 0.1) is 22.1 Å². The van der Waals surface area contributed by atoms with E-state index < -0.39 is 4.92 Å². The van der Waals surface area contributed by atoms with Crippen LogP contribution in [0.2, 0.25) is 10.0 Å². The number of halogens is 2. The maximum atomic E-state index is 11.0. The number of hydrogen-bond acceptors (Lipinski definition) is 4. The van der Waals surface area contributed by atoms with E-state index in [-0.39, 0.29) is 11.4 Å². The Morgan fingerprint density at radius 2 is 1.95 bits per heavy atom. The molecule has 2 rings (SSSR count). The third-order valence-corrected chi connectivity index (χ3v) is 3.60. The molecule has 0 aliphatic rings. The summed E-state index contributed by atoms with van der Waals surface area (Å²) >= 11 is 11.8. The summed E-state index contributed by atoms with van der Waals surface area (Å²) in [5, 5.41) is 15.0. The third kappa shape index (κ3) is 3.77. The fraction of sp³-hybridized carbons (Fsp3) is 0.143. The van der Waals surface area contributed by atoms with Crippen molar-refractivity contribution >= 4 is 34.6 Å². The Kier molecular flexibility index (Phi) is 4.88. The van der Waals surface area contributed by atoms with E-state index in [4.69, 9.17) is 27.9 Å². The average molecular weight is 327 g/mol. The molecule has 0 bridgehead atoms. The first kappa shape index (κ1) is 15.4. The molecule has 0 aromatic heterocycles. The number of methoxy groups -OCH3 is 1. The Bertz CT molecular complexity index is 677. The Balaban J connectivity index is 2.14. The lowest BCUT2D eigenvalue weighted by Gasteiger charge is -2.09. The van der Waals surface area contributed by atoms with Crippen LogP contribution in [-0.4, -0.2) is 12.0 Å². The van der Waals surface area contributed by atoms with Gasteiger partial charge < -0.3 is 10.1 Å². The van der Waals surface area contributed by atoms with E-state index in [1.165, 1.54) is 13.2 Å². The van der Waals surface area contributed by atoms with Crippen LogP contribution in [0.15, 0.2) is 36.4 Å². The summed E-state index contributed by atoms with van der Waals surface area (Å²) in [6.07, 6.45) is 0. The van der Waals surface area contributed by atoms with Gasteiger partial charge in [-0.3, -0.25) is 10.1 Å². The minimum Gasteiger partial charge on any atom is -0.490 e. The van der Waals surface area contributed by atoms with Crippen LogP contribution in [0.5, 0.6) is 5.75 Å². The molecule has 0 heterocycles. The van der Waals surface area contributed by atoms with Crippen molar-refractivity contribution in [2.45, 2.75) is 6.54 Å². The third-order valence-electron chi connectivity index (χ3n) is 2.86. The molecule has 0 fully saturated rings. The van der Waals surface area contributed by atoms with Gasteiger partial charge in [0.2, 0.25) is 0 Å². The molecular weight excluding hydrogens is 315 g/mol. The highest BCUT2D eigenvalue weighted by molar-refractivity contribution is 6.42. The summed E-state index contributed by atoms with van der Waals surface area (Å²) in [7, 11) is 1.39. The van der Waals surface area contributed by atoms with Crippen molar-refractivity contribution < 1.29 is 9.66 Å². The summed E-state index contributed by atoms with van der Waals surface area (Å²) in [5.74, 6) is 0.222. The highest BCUT2D eigenvalue weighted by Gasteiger charge is 2.15. The van der Waals surface area contributed by atoms with Crippen LogP contribution in [0.25, 0.3) is 0 Å². The van der Waals surface area contributed by atoms with E-state index >= 15 is 0 Å². The molecule has 1 N–H and O–H groups in total. The van der Waals surface area contributed by atoms with Crippen molar-refractivity contribution in [3.63, 3.8) is 0 Å². The SMILES string of the molecule is COc1ccc(NCc2ccc(Cl)c(Cl)c2)cc1[N+](=O)[O-]. The Morgan fingerprint density at radius 3 is 2.57 bits per heavy atom. The van der Waals surface area contributed by atoms with E-state index in [1.54, 1.807) is 24.3 Å². The zero-order valence-corrected chi connectivity index (χ0v) is 12.6. The van der Waals surface area contributed by atoms with Gasteiger partial charge >= 0.3 is 5.69 Å². The van der Waals surface area contributed by atoms with Crippen LogP contribution >= 0.6 is 23.2 Å². The van der Waals surface area contributed by atoms with Gasteiger partial charge in [-0.15, -0.1) is 0 Å². The van der Waals surface area contributed by atoms with Gasteiger partial charge in [0.1, 0.15) is 0 Å². The quantitative estimate of drug-likeness (QED) is 0.648. The van der Waals surface area contributed by atoms with Crippen LogP contribution in [0.1, 0.15) is 5.56 Å². The van der Waals surface area contributed by atoms with Crippen molar-refractivity contribution in [2.24, 2.45) is 0 Å². The molecule has 0 radical (unpaired) electrons. The molecule has 0 amide bonds. The lowest BCUT2D eigenvalue weighted by Crippen LogP contribution is -2.01. The van der Waals surface area contributed by atoms with Crippen LogP contribution in [0.3, 0.4) is 0 Å². The summed E-state index contributed by atoms with van der Waals surface area (Å²) < 4.78 is 4.95. The fourth-order valence-corrected chi connectivity index (χ4v) is 2.12. The molecule has 0 aliphatic heterocycles. The van der Waals surface area contributed by atoms with Crippen molar-refractivity contribution in [1.82, 2.24) is 0 Å². The van der Waals surface area contributed by atoms with Crippen molar-refractivity contribution in [3.8, 4) is 5.75 Å². The highest BCUT2D eigenvalue weighted by Crippen LogP contribution is 2.30. The summed E-state index contributed by atoms with van der Waals surface area (Å²) in [6.45, 7) is 0.473. The molecule has 21 heavy (non-hydrogen) atoms. The van der Waals surface area contributed by atoms with Crippen LogP contribution in [0, 0.1) is 10.1 Å². The molecule has 0 aliphatic carbocycles. The number of anilines is 1. The van der Waals surface area contributed by atoms with Gasteiger partial charge in [-0.25, -0.2) is 0 Å². The molecule has 2 aromatic rings. The predicted octanol–water partition coefficient (Wildman–Crippen LogP) is 4.52. The van der Waals surface area contributed by atoms with Gasteiger partial charge in [-0.1, -0.05) is 29.3 Å². The van der Waals surface area contributed by atoms with Gasteiger partial charge in [0.25, 0.3) is 0 Å². The molecule has 110 valence electrons. The zero-order chi connectivity index (χ0) is 15.4. The van der Waals surface area contributed by atoms with E-state index in [1.807, 2.05) is 6.07 Å². The fourth-order valence-electron chi connectivity index (χ4n) is 1.80. The molecule has 0 unspecified atom stereocenters. The predicted molar refractivity (Wildman–Crippen MR) is 83.4 cm³/mol. The lowest BCUT2D eigenvalue weighted by molar-refractivity contribution is -0.385. The van der Waals surface area contributed by atoms with Gasteiger partial charge in [0.15, 0.2) is 5.75 Å². The molecule has 0 saturated carbocycles. The smallest absolute Gasteiger partial charge is 0.312 e. The average Bonchev–Trinajstić information content (AvgIpc) is 2.48. The molecule has 0 spiro atoms. The monoisotopic (exact) mass is 326 g/mol. The normalized spacial score (nSPS) is 10.2. The molecule has 7 heteroatoms. The second-order valence-corrected chi connectivity index (χ2v) is 5.06.